The number of alkyl halides is 3. The molecule has 0 saturated carbocycles. The number of furan rings is 1. The molecule has 4 rings (SSSR count). The third kappa shape index (κ3) is 4.63. The molecule has 4 aromatic rings. The minimum Gasteiger partial charge on any atom is -0.495 e. The molecule has 1 amide bonds. The molecule has 0 aliphatic rings. The van der Waals surface area contributed by atoms with Crippen molar-refractivity contribution in [1.82, 2.24) is 0 Å². The number of carbonyl (C=O) groups excluding carboxylic acids is 1. The number of halogens is 4. The summed E-state index contributed by atoms with van der Waals surface area (Å²) >= 11 is 6.07. The molecule has 9 heteroatoms. The number of fused-ring (bicyclic) bond motifs is 3. The molecule has 0 aliphatic heterocycles. The van der Waals surface area contributed by atoms with Gasteiger partial charge >= 0.3 is 6.18 Å². The number of carbonyl (C=O) groups is 1. The highest BCUT2D eigenvalue weighted by Gasteiger charge is 2.31. The topological polar surface area (TPSA) is 63.5 Å². The molecular weight excluding hydrogens is 469 g/mol. The highest BCUT2D eigenvalue weighted by molar-refractivity contribution is 6.33. The monoisotopic (exact) mass is 490 g/mol. The van der Waals surface area contributed by atoms with Crippen LogP contribution in [0.25, 0.3) is 21.9 Å². The lowest BCUT2D eigenvalue weighted by Gasteiger charge is -2.24. The number of rotatable bonds is 6. The van der Waals surface area contributed by atoms with Gasteiger partial charge in [-0.05, 0) is 36.2 Å². The summed E-state index contributed by atoms with van der Waals surface area (Å²) in [6.07, 6.45) is -4.51. The third-order valence-corrected chi connectivity index (χ3v) is 5.83. The highest BCUT2D eigenvalue weighted by atomic mass is 35.5. The van der Waals surface area contributed by atoms with Gasteiger partial charge in [0.1, 0.15) is 23.0 Å². The van der Waals surface area contributed by atoms with Gasteiger partial charge in [0.15, 0.2) is 0 Å². The van der Waals surface area contributed by atoms with E-state index < -0.39 is 23.7 Å². The van der Waals surface area contributed by atoms with Gasteiger partial charge in [0.25, 0.3) is 0 Å². The van der Waals surface area contributed by atoms with Crippen molar-refractivity contribution in [2.24, 2.45) is 5.92 Å². The second-order valence-corrected chi connectivity index (χ2v) is 8.60. The number of hydrogen-bond acceptors (Lipinski definition) is 4. The van der Waals surface area contributed by atoms with Crippen LogP contribution in [-0.4, -0.2) is 19.1 Å². The fourth-order valence-electron chi connectivity index (χ4n) is 3.74. The Morgan fingerprint density at radius 1 is 1.00 bits per heavy atom. The summed E-state index contributed by atoms with van der Waals surface area (Å²) < 4.78 is 50.2. The van der Waals surface area contributed by atoms with E-state index in [1.54, 1.807) is 12.1 Å². The van der Waals surface area contributed by atoms with Crippen molar-refractivity contribution in [3.05, 3.63) is 65.2 Å². The van der Waals surface area contributed by atoms with E-state index in [0.717, 1.165) is 22.9 Å². The minimum absolute atomic E-state index is 0.130. The molecule has 1 aromatic heterocycles. The Bertz CT molecular complexity index is 1370. The maximum atomic E-state index is 13.2. The molecule has 2 N–H and O–H groups in total. The summed E-state index contributed by atoms with van der Waals surface area (Å²) in [5.41, 5.74) is 1.06. The van der Waals surface area contributed by atoms with E-state index in [9.17, 15) is 18.0 Å². The van der Waals surface area contributed by atoms with Crippen LogP contribution in [0.5, 0.6) is 5.75 Å². The second kappa shape index (κ2) is 9.10. The number of benzene rings is 3. The number of amides is 1. The SMILES string of the molecule is COc1cc2c(cc1NC(=O)[C@H](Nc1ccc(C(F)(F)F)cc1Cl)C(C)C)oc1ccccc12. The Morgan fingerprint density at radius 3 is 2.38 bits per heavy atom. The Morgan fingerprint density at radius 2 is 1.74 bits per heavy atom. The molecule has 1 atom stereocenters. The smallest absolute Gasteiger partial charge is 0.416 e. The zero-order valence-corrected chi connectivity index (χ0v) is 19.3. The van der Waals surface area contributed by atoms with Crippen LogP contribution in [0, 0.1) is 5.92 Å². The summed E-state index contributed by atoms with van der Waals surface area (Å²) in [6, 6.07) is 13.2. The van der Waals surface area contributed by atoms with Gasteiger partial charge in [-0.3, -0.25) is 4.79 Å². The van der Waals surface area contributed by atoms with Crippen molar-refractivity contribution in [1.29, 1.82) is 0 Å². The molecule has 0 fully saturated rings. The van der Waals surface area contributed by atoms with Crippen LogP contribution in [0.15, 0.2) is 59.0 Å². The predicted molar refractivity (Wildman–Crippen MR) is 128 cm³/mol. The van der Waals surface area contributed by atoms with E-state index in [1.165, 1.54) is 13.2 Å². The zero-order valence-electron chi connectivity index (χ0n) is 18.6. The highest BCUT2D eigenvalue weighted by Crippen LogP contribution is 2.37. The van der Waals surface area contributed by atoms with Gasteiger partial charge < -0.3 is 19.8 Å². The molecule has 1 heterocycles. The normalized spacial score (nSPS) is 12.8. The Balaban J connectivity index is 1.62. The summed E-state index contributed by atoms with van der Waals surface area (Å²) in [5, 5.41) is 7.45. The standard InChI is InChI=1S/C25H22ClF3N2O3/c1-13(2)23(30-18-9-8-14(10-17(18)26)25(27,28)29)24(32)31-19-12-21-16(11-22(19)33-3)15-6-4-5-7-20(15)34-21/h4-13,23,30H,1-3H3,(H,31,32)/t23-/m1/s1. The number of anilines is 2. The Hall–Kier alpha value is -3.39. The number of methoxy groups -OCH3 is 1. The van der Waals surface area contributed by atoms with Crippen LogP contribution in [-0.2, 0) is 11.0 Å². The molecule has 34 heavy (non-hydrogen) atoms. The van der Waals surface area contributed by atoms with E-state index >= 15 is 0 Å². The van der Waals surface area contributed by atoms with Gasteiger partial charge in [0.05, 0.1) is 29.1 Å². The van der Waals surface area contributed by atoms with Crippen LogP contribution < -0.4 is 15.4 Å². The maximum absolute atomic E-state index is 13.2. The lowest BCUT2D eigenvalue weighted by molar-refractivity contribution is -0.137. The van der Waals surface area contributed by atoms with E-state index in [4.69, 9.17) is 20.8 Å². The lowest BCUT2D eigenvalue weighted by Crippen LogP contribution is -2.39. The van der Waals surface area contributed by atoms with E-state index in [2.05, 4.69) is 10.6 Å². The molecule has 0 radical (unpaired) electrons. The van der Waals surface area contributed by atoms with Crippen LogP contribution >= 0.6 is 11.6 Å². The number of hydrogen-bond donors (Lipinski definition) is 2. The van der Waals surface area contributed by atoms with Crippen molar-refractivity contribution < 1.29 is 27.1 Å². The first-order chi connectivity index (χ1) is 16.1. The van der Waals surface area contributed by atoms with Gasteiger partial charge in [-0.2, -0.15) is 13.2 Å². The molecule has 0 unspecified atom stereocenters. The first-order valence-corrected chi connectivity index (χ1v) is 10.9. The van der Waals surface area contributed by atoms with Crippen molar-refractivity contribution >= 4 is 50.8 Å². The molecule has 0 spiro atoms. The van der Waals surface area contributed by atoms with Gasteiger partial charge in [0.2, 0.25) is 5.91 Å². The van der Waals surface area contributed by atoms with E-state index in [0.29, 0.717) is 22.6 Å². The van der Waals surface area contributed by atoms with E-state index in [-0.39, 0.29) is 16.6 Å². The predicted octanol–water partition coefficient (Wildman–Crippen LogP) is 7.34. The molecule has 0 saturated heterocycles. The zero-order chi connectivity index (χ0) is 24.6. The van der Waals surface area contributed by atoms with Crippen molar-refractivity contribution in [3.8, 4) is 5.75 Å². The van der Waals surface area contributed by atoms with Gasteiger partial charge in [-0.25, -0.2) is 0 Å². The van der Waals surface area contributed by atoms with Crippen molar-refractivity contribution in [3.63, 3.8) is 0 Å². The first kappa shape index (κ1) is 23.8. The molecular formula is C25H22ClF3N2O3. The third-order valence-electron chi connectivity index (χ3n) is 5.51. The van der Waals surface area contributed by atoms with Crippen LogP contribution in [0.4, 0.5) is 24.5 Å². The summed E-state index contributed by atoms with van der Waals surface area (Å²) in [6.45, 7) is 3.63. The quantitative estimate of drug-likeness (QED) is 0.297. The largest absolute Gasteiger partial charge is 0.495 e. The summed E-state index contributed by atoms with van der Waals surface area (Å²) in [7, 11) is 1.50. The minimum atomic E-state index is -4.51. The van der Waals surface area contributed by atoms with Crippen LogP contribution in [0.3, 0.4) is 0 Å². The maximum Gasteiger partial charge on any atom is 0.416 e. The second-order valence-electron chi connectivity index (χ2n) is 8.19. The fourth-order valence-corrected chi connectivity index (χ4v) is 3.97. The molecule has 0 aliphatic carbocycles. The average Bonchev–Trinajstić information content (AvgIpc) is 3.13. The fraction of sp³-hybridized carbons (Fsp3) is 0.240. The van der Waals surface area contributed by atoms with Gasteiger partial charge in [-0.1, -0.05) is 43.6 Å². The van der Waals surface area contributed by atoms with Crippen molar-refractivity contribution in [2.45, 2.75) is 26.1 Å². The number of nitrogens with one attached hydrogen (secondary N) is 2. The molecule has 3 aromatic carbocycles. The van der Waals surface area contributed by atoms with Gasteiger partial charge in [0, 0.05) is 16.8 Å². The lowest BCUT2D eigenvalue weighted by atomic mass is 10.0. The Labute approximate surface area is 198 Å². The Kier molecular flexibility index (Phi) is 6.36. The van der Waals surface area contributed by atoms with Crippen molar-refractivity contribution in [2.75, 3.05) is 17.7 Å². The number of ether oxygens (including phenoxy) is 1. The van der Waals surface area contributed by atoms with Crippen LogP contribution in [0.2, 0.25) is 5.02 Å². The first-order valence-electron chi connectivity index (χ1n) is 10.5. The summed E-state index contributed by atoms with van der Waals surface area (Å²) in [4.78, 5) is 13.2. The molecule has 0 bridgehead atoms. The van der Waals surface area contributed by atoms with Crippen LogP contribution in [0.1, 0.15) is 19.4 Å². The van der Waals surface area contributed by atoms with E-state index in [1.807, 2.05) is 38.1 Å². The van der Waals surface area contributed by atoms with Gasteiger partial charge in [-0.15, -0.1) is 0 Å². The summed E-state index contributed by atoms with van der Waals surface area (Å²) in [5.74, 6) is -0.165. The molecule has 5 nitrogen and oxygen atoms in total. The number of para-hydroxylation sites is 1. The molecule has 178 valence electrons. The average molecular weight is 491 g/mol.